The lowest BCUT2D eigenvalue weighted by Gasteiger charge is -2.12. The molecule has 0 amide bonds. The fourth-order valence-electron chi connectivity index (χ4n) is 2.35. The Hall–Kier alpha value is -2.50. The first-order valence-corrected chi connectivity index (χ1v) is 8.06. The highest BCUT2D eigenvalue weighted by Crippen LogP contribution is 2.15. The lowest BCUT2D eigenvalue weighted by molar-refractivity contribution is 0.321. The molecule has 24 heavy (non-hydrogen) atoms. The van der Waals surface area contributed by atoms with Gasteiger partial charge in [-0.05, 0) is 51.0 Å². The predicted octanol–water partition coefficient (Wildman–Crippen LogP) is 2.65. The number of aryl methyl sites for hydroxylation is 4. The molecule has 6 heteroatoms. The number of oxazole rings is 1. The Balaban J connectivity index is 1.73. The highest BCUT2D eigenvalue weighted by molar-refractivity contribution is 5.79. The van der Waals surface area contributed by atoms with E-state index in [0.29, 0.717) is 31.5 Å². The van der Waals surface area contributed by atoms with Gasteiger partial charge in [0.05, 0.1) is 18.8 Å². The largest absolute Gasteiger partial charge is 0.492 e. The molecule has 0 saturated carbocycles. The number of aromatic nitrogens is 1. The van der Waals surface area contributed by atoms with Crippen molar-refractivity contribution < 1.29 is 9.15 Å². The topological polar surface area (TPSA) is 71.7 Å². The molecular weight excluding hydrogens is 304 g/mol. The zero-order valence-electron chi connectivity index (χ0n) is 15.1. The van der Waals surface area contributed by atoms with Gasteiger partial charge in [-0.2, -0.15) is 0 Å². The number of nitrogens with zero attached hydrogens (tertiary/aromatic N) is 2. The number of hydrogen-bond acceptors (Lipinski definition) is 4. The van der Waals surface area contributed by atoms with Crippen molar-refractivity contribution in [1.29, 1.82) is 0 Å². The fraction of sp³-hybridized carbons (Fsp3) is 0.444. The molecule has 1 heterocycles. The summed E-state index contributed by atoms with van der Waals surface area (Å²) in [6.07, 6.45) is 0. The monoisotopic (exact) mass is 330 g/mol. The number of hydrogen-bond donors (Lipinski definition) is 2. The summed E-state index contributed by atoms with van der Waals surface area (Å²) in [5.41, 5.74) is 3.32. The van der Waals surface area contributed by atoms with Gasteiger partial charge in [-0.15, -0.1) is 0 Å². The molecule has 0 aliphatic heterocycles. The molecule has 0 bridgehead atoms. The summed E-state index contributed by atoms with van der Waals surface area (Å²) >= 11 is 0. The second kappa shape index (κ2) is 8.38. The molecule has 2 aromatic rings. The Morgan fingerprint density at radius 3 is 2.42 bits per heavy atom. The van der Waals surface area contributed by atoms with Crippen molar-refractivity contribution >= 4 is 5.96 Å². The van der Waals surface area contributed by atoms with Crippen LogP contribution in [0.15, 0.2) is 27.6 Å². The first kappa shape index (κ1) is 17.8. The summed E-state index contributed by atoms with van der Waals surface area (Å²) in [5, 5.41) is 6.38. The van der Waals surface area contributed by atoms with Crippen molar-refractivity contribution in [3.63, 3.8) is 0 Å². The molecule has 2 N–H and O–H groups in total. The van der Waals surface area contributed by atoms with Gasteiger partial charge in [0.25, 0.3) is 0 Å². The fourth-order valence-corrected chi connectivity index (χ4v) is 2.35. The molecule has 0 aliphatic carbocycles. The van der Waals surface area contributed by atoms with Crippen LogP contribution in [-0.4, -0.2) is 31.1 Å². The summed E-state index contributed by atoms with van der Waals surface area (Å²) in [6, 6.07) is 6.20. The van der Waals surface area contributed by atoms with Gasteiger partial charge in [0, 0.05) is 7.05 Å². The third-order valence-corrected chi connectivity index (χ3v) is 3.56. The maximum atomic E-state index is 5.77. The average molecular weight is 330 g/mol. The van der Waals surface area contributed by atoms with E-state index in [9.17, 15) is 0 Å². The number of rotatable bonds is 6. The van der Waals surface area contributed by atoms with Gasteiger partial charge in [0.15, 0.2) is 5.96 Å². The van der Waals surface area contributed by atoms with Crippen LogP contribution in [0.2, 0.25) is 0 Å². The minimum atomic E-state index is 0.492. The van der Waals surface area contributed by atoms with Crippen LogP contribution in [-0.2, 0) is 6.54 Å². The summed E-state index contributed by atoms with van der Waals surface area (Å²) in [5.74, 6) is 3.08. The van der Waals surface area contributed by atoms with Crippen LogP contribution in [0.1, 0.15) is 28.5 Å². The van der Waals surface area contributed by atoms with E-state index in [0.717, 1.165) is 17.2 Å². The van der Waals surface area contributed by atoms with E-state index < -0.39 is 0 Å². The van der Waals surface area contributed by atoms with E-state index in [1.54, 1.807) is 7.05 Å². The van der Waals surface area contributed by atoms with Gasteiger partial charge in [0.1, 0.15) is 18.1 Å². The molecule has 0 saturated heterocycles. The molecule has 0 spiro atoms. The number of nitrogens with one attached hydrogen (secondary N) is 2. The Bertz CT molecular complexity index is 667. The van der Waals surface area contributed by atoms with E-state index in [4.69, 9.17) is 9.15 Å². The molecule has 0 fully saturated rings. The van der Waals surface area contributed by atoms with Gasteiger partial charge < -0.3 is 19.8 Å². The molecule has 1 aromatic heterocycles. The zero-order valence-corrected chi connectivity index (χ0v) is 15.1. The standard InChI is InChI=1S/C18H26N4O2/c1-12-8-13(2)10-16(9-12)23-7-6-20-18(19-5)21-11-17-22-14(3)15(4)24-17/h8-10H,6-7,11H2,1-5H3,(H2,19,20,21). The Labute approximate surface area is 143 Å². The van der Waals surface area contributed by atoms with E-state index in [1.165, 1.54) is 11.1 Å². The van der Waals surface area contributed by atoms with Crippen molar-refractivity contribution in [2.24, 2.45) is 4.99 Å². The van der Waals surface area contributed by atoms with E-state index in [2.05, 4.69) is 40.5 Å². The minimum Gasteiger partial charge on any atom is -0.492 e. The van der Waals surface area contributed by atoms with Crippen LogP contribution in [0, 0.1) is 27.7 Å². The van der Waals surface area contributed by atoms with Gasteiger partial charge in [-0.3, -0.25) is 4.99 Å². The first-order valence-electron chi connectivity index (χ1n) is 8.06. The Morgan fingerprint density at radius 1 is 1.12 bits per heavy atom. The number of guanidine groups is 1. The Morgan fingerprint density at radius 2 is 1.83 bits per heavy atom. The maximum Gasteiger partial charge on any atom is 0.214 e. The smallest absolute Gasteiger partial charge is 0.214 e. The van der Waals surface area contributed by atoms with E-state index >= 15 is 0 Å². The first-order chi connectivity index (χ1) is 11.5. The van der Waals surface area contributed by atoms with Crippen LogP contribution in [0.4, 0.5) is 0 Å². The molecule has 0 radical (unpaired) electrons. The van der Waals surface area contributed by atoms with Crippen LogP contribution in [0.3, 0.4) is 0 Å². The average Bonchev–Trinajstić information content (AvgIpc) is 2.84. The second-order valence-corrected chi connectivity index (χ2v) is 5.77. The summed E-state index contributed by atoms with van der Waals surface area (Å²) < 4.78 is 11.3. The quantitative estimate of drug-likeness (QED) is 0.484. The van der Waals surface area contributed by atoms with Gasteiger partial charge >= 0.3 is 0 Å². The molecule has 0 aliphatic rings. The van der Waals surface area contributed by atoms with E-state index in [1.807, 2.05) is 26.0 Å². The summed E-state index contributed by atoms with van der Waals surface area (Å²) in [6.45, 7) is 9.67. The van der Waals surface area contributed by atoms with Crippen LogP contribution >= 0.6 is 0 Å². The second-order valence-electron chi connectivity index (χ2n) is 5.77. The van der Waals surface area contributed by atoms with E-state index in [-0.39, 0.29) is 0 Å². The number of ether oxygens (including phenoxy) is 1. The maximum absolute atomic E-state index is 5.77. The SMILES string of the molecule is CN=C(NCCOc1cc(C)cc(C)c1)NCc1nc(C)c(C)o1. The van der Waals surface area contributed by atoms with Crippen molar-refractivity contribution in [3.8, 4) is 5.75 Å². The molecule has 0 unspecified atom stereocenters. The third-order valence-electron chi connectivity index (χ3n) is 3.56. The third kappa shape index (κ3) is 5.30. The van der Waals surface area contributed by atoms with Gasteiger partial charge in [-0.1, -0.05) is 6.07 Å². The lowest BCUT2D eigenvalue weighted by Crippen LogP contribution is -2.38. The van der Waals surface area contributed by atoms with Crippen molar-refractivity contribution in [1.82, 2.24) is 15.6 Å². The lowest BCUT2D eigenvalue weighted by atomic mass is 10.1. The van der Waals surface area contributed by atoms with Crippen molar-refractivity contribution in [2.75, 3.05) is 20.2 Å². The molecule has 2 rings (SSSR count). The molecular formula is C18H26N4O2. The number of benzene rings is 1. The summed E-state index contributed by atoms with van der Waals surface area (Å²) in [7, 11) is 1.73. The van der Waals surface area contributed by atoms with Crippen LogP contribution in [0.5, 0.6) is 5.75 Å². The minimum absolute atomic E-state index is 0.492. The van der Waals surface area contributed by atoms with Crippen molar-refractivity contribution in [2.45, 2.75) is 34.2 Å². The van der Waals surface area contributed by atoms with Crippen LogP contribution < -0.4 is 15.4 Å². The normalized spacial score (nSPS) is 11.5. The molecule has 130 valence electrons. The molecule has 6 nitrogen and oxygen atoms in total. The van der Waals surface area contributed by atoms with Gasteiger partial charge in [-0.25, -0.2) is 4.98 Å². The predicted molar refractivity (Wildman–Crippen MR) is 95.6 cm³/mol. The van der Waals surface area contributed by atoms with Crippen LogP contribution in [0.25, 0.3) is 0 Å². The molecule has 0 atom stereocenters. The Kier molecular flexibility index (Phi) is 6.23. The van der Waals surface area contributed by atoms with Crippen molar-refractivity contribution in [3.05, 3.63) is 46.7 Å². The highest BCUT2D eigenvalue weighted by atomic mass is 16.5. The summed E-state index contributed by atoms with van der Waals surface area (Å²) in [4.78, 5) is 8.51. The molecule has 1 aromatic carbocycles. The highest BCUT2D eigenvalue weighted by Gasteiger charge is 2.06. The number of aliphatic imine (C=N–C) groups is 1. The van der Waals surface area contributed by atoms with Gasteiger partial charge in [0.2, 0.25) is 5.89 Å². The zero-order chi connectivity index (χ0) is 17.5.